The van der Waals surface area contributed by atoms with Gasteiger partial charge in [0, 0.05) is 24.1 Å². The summed E-state index contributed by atoms with van der Waals surface area (Å²) in [6.07, 6.45) is 7.91. The molecular formula is C26H28BFN2. The van der Waals surface area contributed by atoms with E-state index in [9.17, 15) is 4.39 Å². The van der Waals surface area contributed by atoms with Crippen molar-refractivity contribution in [1.29, 1.82) is 5.26 Å². The van der Waals surface area contributed by atoms with Crippen LogP contribution in [0.4, 0.5) is 4.39 Å². The minimum absolute atomic E-state index is 0.148. The number of nitrogens with zero attached hydrogens (tertiary/aromatic N) is 2. The fourth-order valence-corrected chi connectivity index (χ4v) is 4.71. The Hall–Kier alpha value is -2.80. The lowest BCUT2D eigenvalue weighted by atomic mass is 9.42. The molecule has 152 valence electrons. The Morgan fingerprint density at radius 3 is 2.60 bits per heavy atom. The third kappa shape index (κ3) is 4.21. The Morgan fingerprint density at radius 1 is 1.20 bits per heavy atom. The molecule has 0 N–H and O–H groups in total. The van der Waals surface area contributed by atoms with Crippen LogP contribution >= 0.6 is 0 Å². The predicted octanol–water partition coefficient (Wildman–Crippen LogP) is 6.76. The fourth-order valence-electron chi connectivity index (χ4n) is 4.71. The van der Waals surface area contributed by atoms with Crippen LogP contribution in [-0.4, -0.2) is 11.3 Å². The van der Waals surface area contributed by atoms with Crippen molar-refractivity contribution >= 4 is 23.2 Å². The summed E-state index contributed by atoms with van der Waals surface area (Å²) in [6, 6.07) is 13.9. The molecule has 4 heteroatoms. The van der Waals surface area contributed by atoms with Crippen LogP contribution in [0.3, 0.4) is 0 Å². The standard InChI is InChI=1S/C26H28BFN2/c1-3-19(2)22-9-7-20(8-10-22)15-23-17-30(25-6-4-5-24(28)26(23)25)16-21-11-13-27(18-29)14-12-21/h4-10,17,21H,2-3,11-16H2,1H3. The molecule has 2 nitrogen and oxygen atoms in total. The molecule has 0 bridgehead atoms. The fraction of sp³-hybridized carbons (Fsp3) is 0.346. The van der Waals surface area contributed by atoms with Crippen LogP contribution in [0.1, 0.15) is 42.9 Å². The highest BCUT2D eigenvalue weighted by Crippen LogP contribution is 2.31. The van der Waals surface area contributed by atoms with E-state index < -0.39 is 0 Å². The molecule has 1 aromatic heterocycles. The van der Waals surface area contributed by atoms with Crippen LogP contribution in [0.25, 0.3) is 16.5 Å². The van der Waals surface area contributed by atoms with Crippen molar-refractivity contribution in [2.24, 2.45) is 5.92 Å². The molecule has 0 aliphatic carbocycles. The zero-order valence-corrected chi connectivity index (χ0v) is 17.7. The van der Waals surface area contributed by atoms with Crippen LogP contribution in [-0.2, 0) is 13.0 Å². The maximum absolute atomic E-state index is 14.8. The number of aromatic nitrogens is 1. The van der Waals surface area contributed by atoms with Gasteiger partial charge in [0.2, 0.25) is 0 Å². The molecule has 1 fully saturated rings. The van der Waals surface area contributed by atoms with Gasteiger partial charge < -0.3 is 4.57 Å². The molecule has 0 unspecified atom stereocenters. The third-order valence-electron chi connectivity index (χ3n) is 6.60. The molecule has 3 aromatic rings. The molecule has 0 saturated carbocycles. The van der Waals surface area contributed by atoms with Gasteiger partial charge in [0.25, 0.3) is 6.71 Å². The molecule has 2 heterocycles. The van der Waals surface area contributed by atoms with E-state index >= 15 is 0 Å². The molecule has 0 amide bonds. The number of hydrogen-bond donors (Lipinski definition) is 0. The van der Waals surface area contributed by atoms with Gasteiger partial charge in [-0.1, -0.05) is 69.3 Å². The molecule has 2 aromatic carbocycles. The van der Waals surface area contributed by atoms with Crippen LogP contribution in [0, 0.1) is 23.0 Å². The smallest absolute Gasteiger partial charge is 0.267 e. The first-order valence-electron chi connectivity index (χ1n) is 11.0. The maximum Gasteiger partial charge on any atom is 0.267 e. The number of hydrogen-bond acceptors (Lipinski definition) is 1. The van der Waals surface area contributed by atoms with E-state index in [1.807, 2.05) is 6.07 Å². The summed E-state index contributed by atoms with van der Waals surface area (Å²) in [5.74, 6) is 2.82. The van der Waals surface area contributed by atoms with Crippen molar-refractivity contribution in [3.05, 3.63) is 77.7 Å². The van der Waals surface area contributed by atoms with Crippen molar-refractivity contribution < 1.29 is 4.39 Å². The zero-order valence-electron chi connectivity index (χ0n) is 17.7. The quantitative estimate of drug-likeness (QED) is 0.422. The van der Waals surface area contributed by atoms with Gasteiger partial charge in [0.05, 0.1) is 5.52 Å². The number of nitriles is 1. The summed E-state index contributed by atoms with van der Waals surface area (Å²) in [6.45, 7) is 7.33. The highest BCUT2D eigenvalue weighted by molar-refractivity contribution is 6.67. The van der Waals surface area contributed by atoms with Crippen molar-refractivity contribution in [3.8, 4) is 5.97 Å². The first kappa shape index (κ1) is 20.5. The predicted molar refractivity (Wildman–Crippen MR) is 124 cm³/mol. The average molecular weight is 398 g/mol. The average Bonchev–Trinajstić information content (AvgIpc) is 3.12. The van der Waals surface area contributed by atoms with Crippen LogP contribution in [0.2, 0.25) is 12.6 Å². The SMILES string of the molecule is C=C(CC)c1ccc(Cc2cn(CC3CCB(C#N)CC3)c3cccc(F)c23)cc1. The Balaban J connectivity index is 1.59. The van der Waals surface area contributed by atoms with E-state index in [1.54, 1.807) is 12.1 Å². The van der Waals surface area contributed by atoms with Gasteiger partial charge in [0.15, 0.2) is 0 Å². The second-order valence-electron chi connectivity index (χ2n) is 8.62. The van der Waals surface area contributed by atoms with Gasteiger partial charge in [0.1, 0.15) is 5.82 Å². The molecular weight excluding hydrogens is 370 g/mol. The van der Waals surface area contributed by atoms with Crippen molar-refractivity contribution in [2.45, 2.75) is 51.8 Å². The van der Waals surface area contributed by atoms with E-state index in [1.165, 1.54) is 11.1 Å². The maximum atomic E-state index is 14.8. The summed E-state index contributed by atoms with van der Waals surface area (Å²) in [5.41, 5.74) is 5.50. The van der Waals surface area contributed by atoms with Crippen LogP contribution in [0.15, 0.2) is 55.2 Å². The van der Waals surface area contributed by atoms with Gasteiger partial charge >= 0.3 is 0 Å². The highest BCUT2D eigenvalue weighted by atomic mass is 19.1. The number of allylic oxidation sites excluding steroid dienone is 1. The molecule has 1 aliphatic heterocycles. The van der Waals surface area contributed by atoms with E-state index in [2.05, 4.69) is 54.5 Å². The molecule has 0 radical (unpaired) electrons. The summed E-state index contributed by atoms with van der Waals surface area (Å²) in [4.78, 5) is 0. The van der Waals surface area contributed by atoms with E-state index in [-0.39, 0.29) is 12.5 Å². The van der Waals surface area contributed by atoms with Crippen molar-refractivity contribution in [3.63, 3.8) is 0 Å². The van der Waals surface area contributed by atoms with E-state index in [0.717, 1.165) is 60.5 Å². The molecule has 30 heavy (non-hydrogen) atoms. The number of fused-ring (bicyclic) bond motifs is 1. The monoisotopic (exact) mass is 398 g/mol. The minimum atomic E-state index is -0.148. The molecule has 0 spiro atoms. The van der Waals surface area contributed by atoms with Crippen molar-refractivity contribution in [2.75, 3.05) is 0 Å². The lowest BCUT2D eigenvalue weighted by molar-refractivity contribution is 0.410. The summed E-state index contributed by atoms with van der Waals surface area (Å²) in [7, 11) is 0. The Morgan fingerprint density at radius 2 is 1.93 bits per heavy atom. The Labute approximate surface area is 179 Å². The highest BCUT2D eigenvalue weighted by Gasteiger charge is 2.25. The summed E-state index contributed by atoms with van der Waals surface area (Å²) >= 11 is 0. The molecule has 1 saturated heterocycles. The van der Waals surface area contributed by atoms with Gasteiger partial charge in [-0.25, -0.2) is 9.65 Å². The van der Waals surface area contributed by atoms with Gasteiger partial charge in [-0.05, 0) is 53.2 Å². The van der Waals surface area contributed by atoms with Crippen molar-refractivity contribution in [1.82, 2.24) is 4.57 Å². The summed E-state index contributed by atoms with van der Waals surface area (Å²) < 4.78 is 17.0. The van der Waals surface area contributed by atoms with Crippen LogP contribution in [0.5, 0.6) is 0 Å². The van der Waals surface area contributed by atoms with Crippen LogP contribution < -0.4 is 0 Å². The van der Waals surface area contributed by atoms with E-state index in [0.29, 0.717) is 12.3 Å². The topological polar surface area (TPSA) is 28.7 Å². The van der Waals surface area contributed by atoms with E-state index in [4.69, 9.17) is 5.26 Å². The zero-order chi connectivity index (χ0) is 21.1. The van der Waals surface area contributed by atoms with Gasteiger partial charge in [-0.15, -0.1) is 0 Å². The lowest BCUT2D eigenvalue weighted by Crippen LogP contribution is -2.22. The largest absolute Gasteiger partial charge is 0.347 e. The van der Waals surface area contributed by atoms with Gasteiger partial charge in [-0.3, -0.25) is 0 Å². The molecule has 0 atom stereocenters. The molecule has 1 aliphatic rings. The minimum Gasteiger partial charge on any atom is -0.347 e. The first-order chi connectivity index (χ1) is 14.6. The second-order valence-corrected chi connectivity index (χ2v) is 8.62. The molecule has 4 rings (SSSR count). The van der Waals surface area contributed by atoms with Gasteiger partial charge in [-0.2, -0.15) is 0 Å². The first-order valence-corrected chi connectivity index (χ1v) is 11.0. The third-order valence-corrected chi connectivity index (χ3v) is 6.60. The normalized spacial score (nSPS) is 14.8. The number of rotatable bonds is 6. The Kier molecular flexibility index (Phi) is 6.09. The number of benzene rings is 2. The second kappa shape index (κ2) is 8.92. The Bertz CT molecular complexity index is 1080. The number of halogens is 1. The lowest BCUT2D eigenvalue weighted by Gasteiger charge is -2.24. The summed E-state index contributed by atoms with van der Waals surface area (Å²) in [5, 5.41) is 9.88.